The van der Waals surface area contributed by atoms with E-state index in [0.29, 0.717) is 12.0 Å². The molecule has 2 unspecified atom stereocenters. The van der Waals surface area contributed by atoms with Gasteiger partial charge in [0.25, 0.3) is 0 Å². The van der Waals surface area contributed by atoms with Gasteiger partial charge in [0.05, 0.1) is 5.60 Å². The molecule has 1 N–H and O–H groups in total. The summed E-state index contributed by atoms with van der Waals surface area (Å²) in [5, 5.41) is 3.53. The standard InChI is InChI=1S/C12H27NO/c1-7-12(5,14-6)11(13-8-2)9-10(3)4/h10-11,13H,7-9H2,1-6H3. The van der Waals surface area contributed by atoms with Crippen molar-refractivity contribution in [2.75, 3.05) is 13.7 Å². The lowest BCUT2D eigenvalue weighted by Gasteiger charge is -2.37. The Labute approximate surface area is 89.4 Å². The predicted molar refractivity (Wildman–Crippen MR) is 62.6 cm³/mol. The molecule has 0 aliphatic heterocycles. The van der Waals surface area contributed by atoms with Crippen LogP contribution in [0, 0.1) is 5.92 Å². The van der Waals surface area contributed by atoms with Crippen molar-refractivity contribution in [1.82, 2.24) is 5.32 Å². The number of ether oxygens (including phenoxy) is 1. The van der Waals surface area contributed by atoms with Crippen LogP contribution >= 0.6 is 0 Å². The largest absolute Gasteiger partial charge is 0.377 e. The average molecular weight is 201 g/mol. The molecule has 0 saturated heterocycles. The van der Waals surface area contributed by atoms with Crippen molar-refractivity contribution in [2.45, 2.75) is 59.1 Å². The van der Waals surface area contributed by atoms with Crippen LogP contribution in [0.1, 0.15) is 47.5 Å². The molecule has 0 aliphatic carbocycles. The fourth-order valence-corrected chi connectivity index (χ4v) is 1.80. The van der Waals surface area contributed by atoms with Crippen LogP contribution in [0.5, 0.6) is 0 Å². The van der Waals surface area contributed by atoms with E-state index in [1.54, 1.807) is 0 Å². The zero-order valence-corrected chi connectivity index (χ0v) is 10.7. The number of hydrogen-bond donors (Lipinski definition) is 1. The lowest BCUT2D eigenvalue weighted by molar-refractivity contribution is -0.0336. The Morgan fingerprint density at radius 1 is 1.29 bits per heavy atom. The summed E-state index contributed by atoms with van der Waals surface area (Å²) < 4.78 is 5.64. The van der Waals surface area contributed by atoms with E-state index in [1.807, 2.05) is 7.11 Å². The molecule has 2 nitrogen and oxygen atoms in total. The Balaban J connectivity index is 4.43. The maximum Gasteiger partial charge on any atom is 0.0800 e. The smallest absolute Gasteiger partial charge is 0.0800 e. The molecule has 2 heteroatoms. The summed E-state index contributed by atoms with van der Waals surface area (Å²) in [5.41, 5.74) is -0.0275. The Morgan fingerprint density at radius 2 is 1.86 bits per heavy atom. The molecule has 0 aromatic heterocycles. The normalized spacial score (nSPS) is 18.2. The summed E-state index contributed by atoms with van der Waals surface area (Å²) in [6.07, 6.45) is 2.22. The van der Waals surface area contributed by atoms with E-state index in [4.69, 9.17) is 4.74 Å². The van der Waals surface area contributed by atoms with E-state index in [2.05, 4.69) is 39.9 Å². The van der Waals surface area contributed by atoms with Crippen LogP contribution in [0.15, 0.2) is 0 Å². The summed E-state index contributed by atoms with van der Waals surface area (Å²) >= 11 is 0. The molecule has 0 aliphatic rings. The molecule has 0 aromatic carbocycles. The second kappa shape index (κ2) is 6.41. The monoisotopic (exact) mass is 201 g/mol. The highest BCUT2D eigenvalue weighted by molar-refractivity contribution is 4.88. The van der Waals surface area contributed by atoms with Gasteiger partial charge in [0.2, 0.25) is 0 Å². The third-order valence-electron chi connectivity index (χ3n) is 3.06. The first-order valence-electron chi connectivity index (χ1n) is 5.78. The molecule has 0 heterocycles. The van der Waals surface area contributed by atoms with E-state index in [-0.39, 0.29) is 5.60 Å². The molecule has 0 amide bonds. The van der Waals surface area contributed by atoms with Crippen LogP contribution in [-0.4, -0.2) is 25.3 Å². The highest BCUT2D eigenvalue weighted by Crippen LogP contribution is 2.24. The van der Waals surface area contributed by atoms with Crippen molar-refractivity contribution in [3.8, 4) is 0 Å². The molecule has 86 valence electrons. The van der Waals surface area contributed by atoms with Gasteiger partial charge in [-0.25, -0.2) is 0 Å². The minimum absolute atomic E-state index is 0.0275. The molecule has 0 rings (SSSR count). The van der Waals surface area contributed by atoms with Crippen LogP contribution in [0.2, 0.25) is 0 Å². The SMILES string of the molecule is CCNC(CC(C)C)C(C)(CC)OC. The van der Waals surface area contributed by atoms with Crippen molar-refractivity contribution in [1.29, 1.82) is 0 Å². The first-order chi connectivity index (χ1) is 6.50. The number of nitrogens with one attached hydrogen (secondary N) is 1. The lowest BCUT2D eigenvalue weighted by atomic mass is 9.87. The first kappa shape index (κ1) is 13.9. The van der Waals surface area contributed by atoms with Crippen LogP contribution in [0.4, 0.5) is 0 Å². The number of rotatable bonds is 7. The van der Waals surface area contributed by atoms with Gasteiger partial charge in [-0.1, -0.05) is 27.7 Å². The third kappa shape index (κ3) is 3.97. The van der Waals surface area contributed by atoms with E-state index in [0.717, 1.165) is 13.0 Å². The Morgan fingerprint density at radius 3 is 2.14 bits per heavy atom. The predicted octanol–water partition coefficient (Wildman–Crippen LogP) is 2.83. The summed E-state index contributed by atoms with van der Waals surface area (Å²) in [6, 6.07) is 0.461. The molecule has 0 bridgehead atoms. The van der Waals surface area contributed by atoms with Crippen molar-refractivity contribution >= 4 is 0 Å². The summed E-state index contributed by atoms with van der Waals surface area (Å²) in [6.45, 7) is 12.1. The third-order valence-corrected chi connectivity index (χ3v) is 3.06. The molecule has 0 aromatic rings. The van der Waals surface area contributed by atoms with E-state index in [1.165, 1.54) is 6.42 Å². The Kier molecular flexibility index (Phi) is 6.38. The van der Waals surface area contributed by atoms with Crippen molar-refractivity contribution in [2.24, 2.45) is 5.92 Å². The van der Waals surface area contributed by atoms with Gasteiger partial charge in [0.1, 0.15) is 0 Å². The van der Waals surface area contributed by atoms with Gasteiger partial charge in [-0.05, 0) is 32.2 Å². The van der Waals surface area contributed by atoms with Crippen LogP contribution < -0.4 is 5.32 Å². The van der Waals surface area contributed by atoms with Crippen LogP contribution in [-0.2, 0) is 4.74 Å². The first-order valence-corrected chi connectivity index (χ1v) is 5.78. The van der Waals surface area contributed by atoms with E-state index < -0.39 is 0 Å². The highest BCUT2D eigenvalue weighted by Gasteiger charge is 2.32. The van der Waals surface area contributed by atoms with Crippen LogP contribution in [0.25, 0.3) is 0 Å². The van der Waals surface area contributed by atoms with Gasteiger partial charge in [-0.15, -0.1) is 0 Å². The average Bonchev–Trinajstić information content (AvgIpc) is 2.15. The van der Waals surface area contributed by atoms with Crippen molar-refractivity contribution in [3.63, 3.8) is 0 Å². The van der Waals surface area contributed by atoms with Crippen molar-refractivity contribution < 1.29 is 4.74 Å². The maximum absolute atomic E-state index is 5.64. The molecule has 0 radical (unpaired) electrons. The quantitative estimate of drug-likeness (QED) is 0.684. The van der Waals surface area contributed by atoms with Gasteiger partial charge in [-0.3, -0.25) is 0 Å². The molecular weight excluding hydrogens is 174 g/mol. The fourth-order valence-electron chi connectivity index (χ4n) is 1.80. The second-order valence-electron chi connectivity index (χ2n) is 4.61. The minimum atomic E-state index is -0.0275. The number of methoxy groups -OCH3 is 1. The molecule has 14 heavy (non-hydrogen) atoms. The van der Waals surface area contributed by atoms with Gasteiger partial charge in [0, 0.05) is 13.2 Å². The van der Waals surface area contributed by atoms with E-state index >= 15 is 0 Å². The van der Waals surface area contributed by atoms with Gasteiger partial charge in [-0.2, -0.15) is 0 Å². The Bertz CT molecular complexity index is 141. The zero-order valence-electron chi connectivity index (χ0n) is 10.7. The van der Waals surface area contributed by atoms with Crippen LogP contribution in [0.3, 0.4) is 0 Å². The summed E-state index contributed by atoms with van der Waals surface area (Å²) in [7, 11) is 1.81. The summed E-state index contributed by atoms with van der Waals surface area (Å²) in [4.78, 5) is 0. The minimum Gasteiger partial charge on any atom is -0.377 e. The fraction of sp³-hybridized carbons (Fsp3) is 1.00. The molecule has 2 atom stereocenters. The molecule has 0 spiro atoms. The highest BCUT2D eigenvalue weighted by atomic mass is 16.5. The Hall–Kier alpha value is -0.0800. The molecule has 0 saturated carbocycles. The molecule has 0 fully saturated rings. The van der Waals surface area contributed by atoms with Crippen molar-refractivity contribution in [3.05, 3.63) is 0 Å². The van der Waals surface area contributed by atoms with Gasteiger partial charge in [0.15, 0.2) is 0 Å². The number of likely N-dealkylation sites (N-methyl/N-ethyl adjacent to an activating group) is 1. The second-order valence-corrected chi connectivity index (χ2v) is 4.61. The summed E-state index contributed by atoms with van der Waals surface area (Å²) in [5.74, 6) is 0.708. The maximum atomic E-state index is 5.64. The zero-order chi connectivity index (χ0) is 11.2. The molecular formula is C12H27NO. The number of hydrogen-bond acceptors (Lipinski definition) is 2. The topological polar surface area (TPSA) is 21.3 Å². The van der Waals surface area contributed by atoms with E-state index in [9.17, 15) is 0 Å². The van der Waals surface area contributed by atoms with Gasteiger partial charge < -0.3 is 10.1 Å². The van der Waals surface area contributed by atoms with Gasteiger partial charge >= 0.3 is 0 Å². The lowest BCUT2D eigenvalue weighted by Crippen LogP contribution is -2.50.